The van der Waals surface area contributed by atoms with Crippen LogP contribution in [0.4, 0.5) is 8.78 Å². The number of nitrogens with one attached hydrogen (secondary N) is 1. The Labute approximate surface area is 110 Å². The second-order valence-electron chi connectivity index (χ2n) is 4.11. The van der Waals surface area contributed by atoms with Gasteiger partial charge in [-0.15, -0.1) is 0 Å². The maximum Gasteiger partial charge on any atom is 0.251 e. The van der Waals surface area contributed by atoms with Gasteiger partial charge in [0.1, 0.15) is 11.6 Å². The van der Waals surface area contributed by atoms with E-state index in [1.54, 1.807) is 18.2 Å². The van der Waals surface area contributed by atoms with Crippen molar-refractivity contribution in [1.29, 1.82) is 0 Å². The fourth-order valence-corrected chi connectivity index (χ4v) is 1.74. The molecule has 0 aromatic heterocycles. The Hall–Kier alpha value is -2.23. The Morgan fingerprint density at radius 3 is 2.58 bits per heavy atom. The van der Waals surface area contributed by atoms with Crippen LogP contribution in [0.1, 0.15) is 15.9 Å². The molecule has 2 aromatic rings. The highest BCUT2D eigenvalue weighted by atomic mass is 19.1. The van der Waals surface area contributed by atoms with Crippen LogP contribution in [0, 0.1) is 11.6 Å². The lowest BCUT2D eigenvalue weighted by Gasteiger charge is -2.06. The summed E-state index contributed by atoms with van der Waals surface area (Å²) in [6, 6.07) is 11.8. The van der Waals surface area contributed by atoms with E-state index in [4.69, 9.17) is 0 Å². The quantitative estimate of drug-likeness (QED) is 0.900. The lowest BCUT2D eigenvalue weighted by Crippen LogP contribution is -2.25. The molecule has 1 N–H and O–H groups in total. The zero-order valence-electron chi connectivity index (χ0n) is 10.2. The predicted molar refractivity (Wildman–Crippen MR) is 68.8 cm³/mol. The molecule has 0 fully saturated rings. The Morgan fingerprint density at radius 2 is 1.84 bits per heavy atom. The molecular weight excluding hydrogens is 248 g/mol. The summed E-state index contributed by atoms with van der Waals surface area (Å²) in [5, 5.41) is 2.63. The van der Waals surface area contributed by atoms with Crippen molar-refractivity contribution in [2.45, 2.75) is 6.42 Å². The highest BCUT2D eigenvalue weighted by Gasteiger charge is 2.06. The summed E-state index contributed by atoms with van der Waals surface area (Å²) in [7, 11) is 0. The first-order valence-corrected chi connectivity index (χ1v) is 5.94. The minimum atomic E-state index is -0.457. The van der Waals surface area contributed by atoms with Gasteiger partial charge in [-0.25, -0.2) is 8.78 Å². The third kappa shape index (κ3) is 3.61. The number of halogens is 2. The molecule has 2 aromatic carbocycles. The van der Waals surface area contributed by atoms with E-state index in [0.29, 0.717) is 18.5 Å². The van der Waals surface area contributed by atoms with E-state index in [0.717, 1.165) is 0 Å². The summed E-state index contributed by atoms with van der Waals surface area (Å²) in [5.74, 6) is -1.11. The van der Waals surface area contributed by atoms with E-state index < -0.39 is 5.82 Å². The number of amides is 1. The highest BCUT2D eigenvalue weighted by Crippen LogP contribution is 2.07. The number of carbonyl (C=O) groups is 1. The predicted octanol–water partition coefficient (Wildman–Crippen LogP) is 2.94. The molecule has 0 aliphatic heterocycles. The summed E-state index contributed by atoms with van der Waals surface area (Å²) in [6.45, 7) is 0.302. The molecule has 0 saturated heterocycles. The molecule has 19 heavy (non-hydrogen) atoms. The SMILES string of the molecule is O=C(NCCc1ccccc1F)c1cccc(F)c1. The largest absolute Gasteiger partial charge is 0.352 e. The van der Waals surface area contributed by atoms with Crippen LogP contribution in [-0.2, 0) is 6.42 Å². The molecule has 0 spiro atoms. The first-order chi connectivity index (χ1) is 9.16. The molecule has 2 rings (SSSR count). The molecule has 0 atom stereocenters. The van der Waals surface area contributed by atoms with Crippen molar-refractivity contribution in [3.05, 3.63) is 71.3 Å². The topological polar surface area (TPSA) is 29.1 Å². The van der Waals surface area contributed by atoms with Gasteiger partial charge in [-0.05, 0) is 36.2 Å². The molecule has 0 radical (unpaired) electrons. The lowest BCUT2D eigenvalue weighted by atomic mass is 10.1. The van der Waals surface area contributed by atoms with E-state index in [2.05, 4.69) is 5.32 Å². The number of rotatable bonds is 4. The second kappa shape index (κ2) is 6.09. The van der Waals surface area contributed by atoms with Gasteiger partial charge >= 0.3 is 0 Å². The molecule has 0 unspecified atom stereocenters. The van der Waals surface area contributed by atoms with Gasteiger partial charge in [0.05, 0.1) is 0 Å². The van der Waals surface area contributed by atoms with Gasteiger partial charge in [-0.1, -0.05) is 24.3 Å². The van der Waals surface area contributed by atoms with Gasteiger partial charge in [0.15, 0.2) is 0 Å². The highest BCUT2D eigenvalue weighted by molar-refractivity contribution is 5.94. The Balaban J connectivity index is 1.90. The van der Waals surface area contributed by atoms with Crippen molar-refractivity contribution in [1.82, 2.24) is 5.32 Å². The van der Waals surface area contributed by atoms with Gasteiger partial charge in [0.2, 0.25) is 0 Å². The van der Waals surface area contributed by atoms with E-state index >= 15 is 0 Å². The van der Waals surface area contributed by atoms with Crippen LogP contribution in [0.5, 0.6) is 0 Å². The lowest BCUT2D eigenvalue weighted by molar-refractivity contribution is 0.0953. The smallest absolute Gasteiger partial charge is 0.251 e. The van der Waals surface area contributed by atoms with Crippen molar-refractivity contribution in [3.8, 4) is 0 Å². The Morgan fingerprint density at radius 1 is 1.05 bits per heavy atom. The molecule has 0 saturated carbocycles. The number of hydrogen-bond donors (Lipinski definition) is 1. The minimum Gasteiger partial charge on any atom is -0.352 e. The van der Waals surface area contributed by atoms with E-state index in [1.165, 1.54) is 30.3 Å². The van der Waals surface area contributed by atoms with Crippen LogP contribution in [0.15, 0.2) is 48.5 Å². The van der Waals surface area contributed by atoms with E-state index in [1.807, 2.05) is 0 Å². The first-order valence-electron chi connectivity index (χ1n) is 5.94. The molecule has 1 amide bonds. The van der Waals surface area contributed by atoms with Gasteiger partial charge in [0.25, 0.3) is 5.91 Å². The summed E-state index contributed by atoms with van der Waals surface area (Å²) >= 11 is 0. The maximum atomic E-state index is 13.3. The fraction of sp³-hybridized carbons (Fsp3) is 0.133. The van der Waals surface area contributed by atoms with Crippen LogP contribution in [0.2, 0.25) is 0 Å². The molecule has 98 valence electrons. The van der Waals surface area contributed by atoms with Crippen molar-refractivity contribution in [2.24, 2.45) is 0 Å². The summed E-state index contributed by atoms with van der Waals surface area (Å²) in [5.41, 5.74) is 0.801. The van der Waals surface area contributed by atoms with Gasteiger partial charge < -0.3 is 5.32 Å². The Bertz CT molecular complexity index is 584. The minimum absolute atomic E-state index is 0.258. The fourth-order valence-electron chi connectivity index (χ4n) is 1.74. The van der Waals surface area contributed by atoms with Crippen LogP contribution < -0.4 is 5.32 Å². The molecule has 4 heteroatoms. The summed E-state index contributed by atoms with van der Waals surface area (Å²) in [4.78, 5) is 11.7. The second-order valence-corrected chi connectivity index (χ2v) is 4.11. The van der Waals surface area contributed by atoms with Gasteiger partial charge in [0, 0.05) is 12.1 Å². The Kier molecular flexibility index (Phi) is 4.23. The molecule has 0 bridgehead atoms. The standard InChI is InChI=1S/C15H13F2NO/c16-13-6-3-5-12(10-13)15(19)18-9-8-11-4-1-2-7-14(11)17/h1-7,10H,8-9H2,(H,18,19). The zero-order chi connectivity index (χ0) is 13.7. The third-order valence-corrected chi connectivity index (χ3v) is 2.72. The van der Waals surface area contributed by atoms with Crippen molar-refractivity contribution in [2.75, 3.05) is 6.54 Å². The molecule has 2 nitrogen and oxygen atoms in total. The number of carbonyl (C=O) groups excluding carboxylic acids is 1. The van der Waals surface area contributed by atoms with Crippen LogP contribution in [-0.4, -0.2) is 12.5 Å². The number of benzene rings is 2. The maximum absolute atomic E-state index is 13.3. The van der Waals surface area contributed by atoms with Crippen LogP contribution >= 0.6 is 0 Å². The first kappa shape index (κ1) is 13.2. The monoisotopic (exact) mass is 261 g/mol. The van der Waals surface area contributed by atoms with Gasteiger partial charge in [-0.2, -0.15) is 0 Å². The normalized spacial score (nSPS) is 10.2. The van der Waals surface area contributed by atoms with Crippen LogP contribution in [0.25, 0.3) is 0 Å². The molecule has 0 heterocycles. The van der Waals surface area contributed by atoms with E-state index in [9.17, 15) is 13.6 Å². The van der Waals surface area contributed by atoms with Crippen molar-refractivity contribution >= 4 is 5.91 Å². The van der Waals surface area contributed by atoms with Crippen molar-refractivity contribution in [3.63, 3.8) is 0 Å². The average Bonchev–Trinajstić information content (AvgIpc) is 2.41. The van der Waals surface area contributed by atoms with E-state index in [-0.39, 0.29) is 17.3 Å². The zero-order valence-corrected chi connectivity index (χ0v) is 10.2. The average molecular weight is 261 g/mol. The summed E-state index contributed by atoms with van der Waals surface area (Å²) in [6.07, 6.45) is 0.397. The summed E-state index contributed by atoms with van der Waals surface area (Å²) < 4.78 is 26.3. The molecule has 0 aliphatic carbocycles. The number of hydrogen-bond acceptors (Lipinski definition) is 1. The molecule has 0 aliphatic rings. The third-order valence-electron chi connectivity index (χ3n) is 2.72. The van der Waals surface area contributed by atoms with Gasteiger partial charge in [-0.3, -0.25) is 4.79 Å². The van der Waals surface area contributed by atoms with Crippen LogP contribution in [0.3, 0.4) is 0 Å². The molecular formula is C15H13F2NO. The van der Waals surface area contributed by atoms with Crippen molar-refractivity contribution < 1.29 is 13.6 Å².